The fourth-order valence-corrected chi connectivity index (χ4v) is 2.00. The molecule has 1 atom stereocenters. The van der Waals surface area contributed by atoms with Gasteiger partial charge in [-0.25, -0.2) is 0 Å². The van der Waals surface area contributed by atoms with E-state index in [0.29, 0.717) is 0 Å². The third kappa shape index (κ3) is 2.36. The van der Waals surface area contributed by atoms with Crippen molar-refractivity contribution in [3.63, 3.8) is 0 Å². The van der Waals surface area contributed by atoms with Crippen molar-refractivity contribution in [3.05, 3.63) is 36.0 Å². The number of carbonyl (C=O) groups excluding carboxylic acids is 1. The highest BCUT2D eigenvalue weighted by Crippen LogP contribution is 2.28. The molecule has 0 saturated heterocycles. The summed E-state index contributed by atoms with van der Waals surface area (Å²) in [6.45, 7) is 0. The van der Waals surface area contributed by atoms with Crippen molar-refractivity contribution < 1.29 is 4.79 Å². The van der Waals surface area contributed by atoms with Crippen molar-refractivity contribution in [2.24, 2.45) is 4.99 Å². The fourth-order valence-electron chi connectivity index (χ4n) is 2.00. The number of amides is 1. The molecule has 17 heavy (non-hydrogen) atoms. The van der Waals surface area contributed by atoms with Gasteiger partial charge in [0.2, 0.25) is 6.41 Å². The second-order valence-electron chi connectivity index (χ2n) is 4.01. The van der Waals surface area contributed by atoms with Crippen LogP contribution in [0.4, 0.5) is 5.69 Å². The van der Waals surface area contributed by atoms with Gasteiger partial charge in [0.25, 0.3) is 0 Å². The lowest BCUT2D eigenvalue weighted by atomic mass is 10.0. The van der Waals surface area contributed by atoms with Crippen molar-refractivity contribution in [3.8, 4) is 0 Å². The number of nitrogens with zero attached hydrogens (tertiary/aromatic N) is 2. The van der Waals surface area contributed by atoms with Crippen LogP contribution in [-0.4, -0.2) is 30.6 Å². The van der Waals surface area contributed by atoms with Crippen LogP contribution in [0.25, 0.3) is 5.57 Å². The third-order valence-electron chi connectivity index (χ3n) is 2.82. The Hall–Kier alpha value is -2.10. The Labute approximate surface area is 100 Å². The van der Waals surface area contributed by atoms with Gasteiger partial charge in [0, 0.05) is 31.6 Å². The van der Waals surface area contributed by atoms with Crippen LogP contribution in [-0.2, 0) is 4.79 Å². The van der Waals surface area contributed by atoms with Crippen LogP contribution in [0.15, 0.2) is 35.5 Å². The van der Waals surface area contributed by atoms with Crippen LogP contribution < -0.4 is 5.73 Å². The molecule has 0 bridgehead atoms. The second kappa shape index (κ2) is 4.82. The molecule has 0 fully saturated rings. The van der Waals surface area contributed by atoms with E-state index in [1.54, 1.807) is 18.2 Å². The molecule has 0 saturated carbocycles. The predicted molar refractivity (Wildman–Crippen MR) is 69.6 cm³/mol. The normalized spacial score (nSPS) is 19.7. The van der Waals surface area contributed by atoms with E-state index in [1.807, 2.05) is 30.5 Å². The summed E-state index contributed by atoms with van der Waals surface area (Å²) in [5.41, 5.74) is 8.65. The topological polar surface area (TPSA) is 58.7 Å². The van der Waals surface area contributed by atoms with Crippen LogP contribution in [0.3, 0.4) is 0 Å². The molecule has 1 amide bonds. The van der Waals surface area contributed by atoms with E-state index < -0.39 is 0 Å². The van der Waals surface area contributed by atoms with Crippen molar-refractivity contribution in [1.82, 2.24) is 4.90 Å². The number of carbonyl (C=O) groups is 1. The minimum atomic E-state index is 0.0222. The summed E-state index contributed by atoms with van der Waals surface area (Å²) in [4.78, 5) is 16.5. The summed E-state index contributed by atoms with van der Waals surface area (Å²) in [7, 11) is 1.71. The first-order valence-electron chi connectivity index (χ1n) is 5.46. The molecular formula is C13H15N3O. The average Bonchev–Trinajstić information content (AvgIpc) is 2.73. The SMILES string of the molecule is CN=CC1CC(c2cccc(N)c2)=CN1C=O. The van der Waals surface area contributed by atoms with Gasteiger partial charge in [-0.2, -0.15) is 0 Å². The zero-order valence-electron chi connectivity index (χ0n) is 9.71. The fraction of sp³-hybridized carbons (Fsp3) is 0.231. The van der Waals surface area contributed by atoms with Crippen molar-refractivity contribution in [2.45, 2.75) is 12.5 Å². The van der Waals surface area contributed by atoms with E-state index in [0.717, 1.165) is 29.7 Å². The van der Waals surface area contributed by atoms with Gasteiger partial charge in [-0.05, 0) is 23.3 Å². The summed E-state index contributed by atoms with van der Waals surface area (Å²) < 4.78 is 0. The highest BCUT2D eigenvalue weighted by Gasteiger charge is 2.23. The zero-order valence-corrected chi connectivity index (χ0v) is 9.71. The quantitative estimate of drug-likeness (QED) is 0.485. The Morgan fingerprint density at radius 2 is 2.35 bits per heavy atom. The number of benzene rings is 1. The first kappa shape index (κ1) is 11.4. The largest absolute Gasteiger partial charge is 0.399 e. The number of rotatable bonds is 3. The molecule has 0 aromatic heterocycles. The van der Waals surface area contributed by atoms with Crippen molar-refractivity contribution in [2.75, 3.05) is 12.8 Å². The molecule has 1 aliphatic heterocycles. The number of aliphatic imine (C=N–C) groups is 1. The van der Waals surface area contributed by atoms with E-state index in [4.69, 9.17) is 5.73 Å². The van der Waals surface area contributed by atoms with E-state index in [9.17, 15) is 4.79 Å². The second-order valence-corrected chi connectivity index (χ2v) is 4.01. The molecule has 0 radical (unpaired) electrons. The molecule has 1 unspecified atom stereocenters. The van der Waals surface area contributed by atoms with E-state index in [2.05, 4.69) is 4.99 Å². The van der Waals surface area contributed by atoms with E-state index in [1.165, 1.54) is 0 Å². The lowest BCUT2D eigenvalue weighted by Gasteiger charge is -2.13. The first-order valence-corrected chi connectivity index (χ1v) is 5.46. The van der Waals surface area contributed by atoms with Crippen molar-refractivity contribution in [1.29, 1.82) is 0 Å². The summed E-state index contributed by atoms with van der Waals surface area (Å²) in [5.74, 6) is 0. The highest BCUT2D eigenvalue weighted by atomic mass is 16.1. The number of nitrogen functional groups attached to an aromatic ring is 1. The lowest BCUT2D eigenvalue weighted by Crippen LogP contribution is -2.26. The monoisotopic (exact) mass is 229 g/mol. The number of hydrogen-bond acceptors (Lipinski definition) is 3. The highest BCUT2D eigenvalue weighted by molar-refractivity contribution is 5.81. The van der Waals surface area contributed by atoms with Gasteiger partial charge in [0.05, 0.1) is 6.04 Å². The standard InChI is InChI=1S/C13H15N3O/c1-15-7-13-6-11(8-16(13)9-17)10-3-2-4-12(14)5-10/h2-5,7-9,13H,6,14H2,1H3. The van der Waals surface area contributed by atoms with Crippen LogP contribution in [0.2, 0.25) is 0 Å². The maximum absolute atomic E-state index is 10.9. The average molecular weight is 229 g/mol. The Bertz CT molecular complexity index is 479. The van der Waals surface area contributed by atoms with Crippen LogP contribution in [0, 0.1) is 0 Å². The summed E-state index contributed by atoms with van der Waals surface area (Å²) in [6, 6.07) is 7.70. The molecule has 4 nitrogen and oxygen atoms in total. The molecule has 4 heteroatoms. The minimum Gasteiger partial charge on any atom is -0.399 e. The van der Waals surface area contributed by atoms with Gasteiger partial charge in [-0.1, -0.05) is 12.1 Å². The third-order valence-corrected chi connectivity index (χ3v) is 2.82. The van der Waals surface area contributed by atoms with Gasteiger partial charge in [0.15, 0.2) is 0 Å². The number of hydrogen-bond donors (Lipinski definition) is 1. The number of anilines is 1. The molecule has 1 aromatic rings. The van der Waals surface area contributed by atoms with Crippen molar-refractivity contribution >= 4 is 23.9 Å². The molecule has 2 N–H and O–H groups in total. The molecule has 88 valence electrons. The Balaban J connectivity index is 2.27. The van der Waals surface area contributed by atoms with Crippen LogP contribution in [0.5, 0.6) is 0 Å². The Morgan fingerprint density at radius 3 is 3.00 bits per heavy atom. The van der Waals surface area contributed by atoms with Gasteiger partial charge in [-0.3, -0.25) is 9.79 Å². The maximum Gasteiger partial charge on any atom is 0.214 e. The van der Waals surface area contributed by atoms with E-state index >= 15 is 0 Å². The maximum atomic E-state index is 10.9. The summed E-state index contributed by atoms with van der Waals surface area (Å²) in [6.07, 6.45) is 5.24. The zero-order chi connectivity index (χ0) is 12.3. The van der Waals surface area contributed by atoms with Crippen LogP contribution >= 0.6 is 0 Å². The lowest BCUT2D eigenvalue weighted by molar-refractivity contribution is -0.116. The van der Waals surface area contributed by atoms with Gasteiger partial charge in [-0.15, -0.1) is 0 Å². The summed E-state index contributed by atoms with van der Waals surface area (Å²) >= 11 is 0. The molecule has 0 spiro atoms. The Kier molecular flexibility index (Phi) is 3.23. The molecule has 2 rings (SSSR count). The van der Waals surface area contributed by atoms with E-state index in [-0.39, 0.29) is 6.04 Å². The molecule has 1 aromatic carbocycles. The van der Waals surface area contributed by atoms with Gasteiger partial charge >= 0.3 is 0 Å². The predicted octanol–water partition coefficient (Wildman–Crippen LogP) is 1.54. The first-order chi connectivity index (χ1) is 8.24. The smallest absolute Gasteiger partial charge is 0.214 e. The minimum absolute atomic E-state index is 0.0222. The van der Waals surface area contributed by atoms with Crippen LogP contribution in [0.1, 0.15) is 12.0 Å². The number of nitrogens with two attached hydrogens (primary N) is 1. The molecule has 1 heterocycles. The molecule has 0 aliphatic carbocycles. The Morgan fingerprint density at radius 1 is 1.53 bits per heavy atom. The molecular weight excluding hydrogens is 214 g/mol. The molecule has 1 aliphatic rings. The van der Waals surface area contributed by atoms with Gasteiger partial charge in [0.1, 0.15) is 0 Å². The summed E-state index contributed by atoms with van der Waals surface area (Å²) in [5, 5.41) is 0. The van der Waals surface area contributed by atoms with Gasteiger partial charge < -0.3 is 10.6 Å².